The first kappa shape index (κ1) is 14.5. The molecule has 0 amide bonds. The summed E-state index contributed by atoms with van der Waals surface area (Å²) in [7, 11) is 0. The normalized spacial score (nSPS) is 23.7. The molecule has 5 nitrogen and oxygen atoms in total. The monoisotopic (exact) mass is 352 g/mol. The summed E-state index contributed by atoms with van der Waals surface area (Å²) in [6.07, 6.45) is 3.47. The van der Waals surface area contributed by atoms with Crippen LogP contribution in [0.1, 0.15) is 41.0 Å². The van der Waals surface area contributed by atoms with Gasteiger partial charge in [-0.2, -0.15) is 0 Å². The molecule has 0 spiro atoms. The average Bonchev–Trinajstić information content (AvgIpc) is 3.04. The highest BCUT2D eigenvalue weighted by atomic mass is 79.9. The van der Waals surface area contributed by atoms with Crippen LogP contribution in [0.5, 0.6) is 0 Å². The van der Waals surface area contributed by atoms with Crippen molar-refractivity contribution in [1.29, 1.82) is 0 Å². The second-order valence-corrected chi connectivity index (χ2v) is 6.73. The number of aryl methyl sites for hydroxylation is 2. The van der Waals surface area contributed by atoms with Gasteiger partial charge < -0.3 is 10.0 Å². The molecule has 2 fully saturated rings. The van der Waals surface area contributed by atoms with Gasteiger partial charge in [-0.25, -0.2) is 4.79 Å². The van der Waals surface area contributed by atoms with Gasteiger partial charge in [-0.3, -0.25) is 9.78 Å². The Hall–Kier alpha value is -1.43. The van der Waals surface area contributed by atoms with E-state index in [2.05, 4.69) is 25.8 Å². The number of Topliss-reactive ketones (excluding diaryl/α,β-unsaturated/α-hetero) is 1. The highest BCUT2D eigenvalue weighted by Crippen LogP contribution is 2.45. The summed E-state index contributed by atoms with van der Waals surface area (Å²) >= 11 is 3.51. The van der Waals surface area contributed by atoms with E-state index in [-0.39, 0.29) is 5.56 Å². The average molecular weight is 353 g/mol. The van der Waals surface area contributed by atoms with Crippen LogP contribution in [0.15, 0.2) is 4.47 Å². The second kappa shape index (κ2) is 5.09. The van der Waals surface area contributed by atoms with Gasteiger partial charge in [-0.15, -0.1) is 0 Å². The number of carbonyl (C=O) groups is 2. The third-order valence-electron chi connectivity index (χ3n) is 4.58. The molecule has 1 aromatic rings. The largest absolute Gasteiger partial charge is 0.475 e. The molecule has 1 aliphatic carbocycles. The molecule has 3 rings (SSSR count). The summed E-state index contributed by atoms with van der Waals surface area (Å²) in [6, 6.07) is 0.410. The Morgan fingerprint density at radius 3 is 2.52 bits per heavy atom. The van der Waals surface area contributed by atoms with Gasteiger partial charge in [0.2, 0.25) is 0 Å². The maximum Gasteiger partial charge on any atom is 0.377 e. The first-order valence-electron chi connectivity index (χ1n) is 7.11. The number of rotatable bonds is 3. The van der Waals surface area contributed by atoms with Crippen molar-refractivity contribution in [2.45, 2.75) is 39.2 Å². The molecule has 112 valence electrons. The van der Waals surface area contributed by atoms with E-state index >= 15 is 0 Å². The lowest BCUT2D eigenvalue weighted by molar-refractivity contribution is -0.131. The Morgan fingerprint density at radius 1 is 1.29 bits per heavy atom. The minimum atomic E-state index is -1.43. The first-order chi connectivity index (χ1) is 9.90. The van der Waals surface area contributed by atoms with E-state index in [9.17, 15) is 9.59 Å². The van der Waals surface area contributed by atoms with Crippen molar-refractivity contribution in [1.82, 2.24) is 4.98 Å². The fourth-order valence-corrected chi connectivity index (χ4v) is 4.17. The van der Waals surface area contributed by atoms with Crippen LogP contribution in [0.25, 0.3) is 0 Å². The first-order valence-corrected chi connectivity index (χ1v) is 7.90. The zero-order chi connectivity index (χ0) is 15.3. The topological polar surface area (TPSA) is 70.5 Å². The number of piperidine rings is 1. The minimum Gasteiger partial charge on any atom is -0.475 e. The van der Waals surface area contributed by atoms with Gasteiger partial charge in [0.15, 0.2) is 0 Å². The van der Waals surface area contributed by atoms with Crippen LogP contribution in [-0.2, 0) is 4.79 Å². The Morgan fingerprint density at radius 2 is 2.00 bits per heavy atom. The number of hydrogen-bond donors (Lipinski definition) is 1. The number of ketones is 1. The molecule has 1 saturated heterocycles. The van der Waals surface area contributed by atoms with Gasteiger partial charge >= 0.3 is 5.97 Å². The zero-order valence-corrected chi connectivity index (χ0v) is 13.6. The summed E-state index contributed by atoms with van der Waals surface area (Å²) in [6.45, 7) is 4.46. The van der Waals surface area contributed by atoms with Crippen LogP contribution < -0.4 is 4.90 Å². The Bertz CT molecular complexity index is 644. The van der Waals surface area contributed by atoms with Crippen molar-refractivity contribution in [3.8, 4) is 0 Å². The van der Waals surface area contributed by atoms with Crippen molar-refractivity contribution >= 4 is 33.4 Å². The number of aliphatic carboxylic acids is 1. The van der Waals surface area contributed by atoms with Gasteiger partial charge in [-0.1, -0.05) is 0 Å². The fraction of sp³-hybridized carbons (Fsp3) is 0.533. The minimum absolute atomic E-state index is 0.229. The maximum atomic E-state index is 12.1. The van der Waals surface area contributed by atoms with Gasteiger partial charge in [-0.05, 0) is 55.0 Å². The molecular formula is C15H17BrN2O3. The number of hydrogen-bond acceptors (Lipinski definition) is 4. The lowest BCUT2D eigenvalue weighted by Crippen LogP contribution is -2.34. The third kappa shape index (κ3) is 2.25. The lowest BCUT2D eigenvalue weighted by Gasteiger charge is -2.32. The Labute approximate surface area is 131 Å². The fourth-order valence-electron chi connectivity index (χ4n) is 3.66. The van der Waals surface area contributed by atoms with Gasteiger partial charge in [0.1, 0.15) is 0 Å². The standard InChI is InChI=1S/C15H17BrN2O3/c1-7-11(14(19)15(20)21)13(12(16)8(2)17-7)18-6-9-3-4-10(18)5-9/h9-10H,3-6H2,1-2H3,(H,20,21). The molecular weight excluding hydrogens is 336 g/mol. The summed E-state index contributed by atoms with van der Waals surface area (Å²) in [5, 5.41) is 9.11. The highest BCUT2D eigenvalue weighted by molar-refractivity contribution is 9.10. The predicted molar refractivity (Wildman–Crippen MR) is 81.9 cm³/mol. The second-order valence-electron chi connectivity index (χ2n) is 5.94. The third-order valence-corrected chi connectivity index (χ3v) is 5.53. The van der Waals surface area contributed by atoms with E-state index in [1.165, 1.54) is 6.42 Å². The van der Waals surface area contributed by atoms with Crippen LogP contribution in [0.2, 0.25) is 0 Å². The molecule has 1 saturated carbocycles. The van der Waals surface area contributed by atoms with Crippen molar-refractivity contribution < 1.29 is 14.7 Å². The number of aromatic nitrogens is 1. The zero-order valence-electron chi connectivity index (χ0n) is 12.0. The number of carbonyl (C=O) groups excluding carboxylic acids is 1. The summed E-state index contributed by atoms with van der Waals surface area (Å²) in [5.41, 5.74) is 2.22. The van der Waals surface area contributed by atoms with Crippen molar-refractivity contribution in [2.24, 2.45) is 5.92 Å². The van der Waals surface area contributed by atoms with Crippen molar-refractivity contribution in [3.05, 3.63) is 21.4 Å². The molecule has 2 heterocycles. The van der Waals surface area contributed by atoms with Gasteiger partial charge in [0.05, 0.1) is 27.1 Å². The molecule has 1 N–H and O–H groups in total. The quantitative estimate of drug-likeness (QED) is 0.668. The number of anilines is 1. The molecule has 1 aromatic heterocycles. The van der Waals surface area contributed by atoms with E-state index < -0.39 is 11.8 Å². The number of nitrogens with zero attached hydrogens (tertiary/aromatic N) is 2. The molecule has 2 aliphatic rings. The summed E-state index contributed by atoms with van der Waals surface area (Å²) in [5.74, 6) is -1.65. The maximum absolute atomic E-state index is 12.1. The molecule has 6 heteroatoms. The van der Waals surface area contributed by atoms with Crippen LogP contribution in [0.3, 0.4) is 0 Å². The number of pyridine rings is 1. The summed E-state index contributed by atoms with van der Waals surface area (Å²) in [4.78, 5) is 29.8. The van der Waals surface area contributed by atoms with Crippen LogP contribution in [0.4, 0.5) is 5.69 Å². The SMILES string of the molecule is Cc1nc(C)c(C(=O)C(=O)O)c(N2CC3CCC2C3)c1Br. The van der Waals surface area contributed by atoms with Crippen molar-refractivity contribution in [2.75, 3.05) is 11.4 Å². The van der Waals surface area contributed by atoms with Crippen LogP contribution >= 0.6 is 15.9 Å². The number of halogens is 1. The van der Waals surface area contributed by atoms with E-state index in [4.69, 9.17) is 5.11 Å². The van der Waals surface area contributed by atoms with E-state index in [1.54, 1.807) is 6.92 Å². The molecule has 2 unspecified atom stereocenters. The van der Waals surface area contributed by atoms with E-state index in [0.29, 0.717) is 17.7 Å². The van der Waals surface area contributed by atoms with Crippen molar-refractivity contribution in [3.63, 3.8) is 0 Å². The number of carboxylic acids is 1. The summed E-state index contributed by atoms with van der Waals surface area (Å²) < 4.78 is 0.741. The molecule has 21 heavy (non-hydrogen) atoms. The Balaban J connectivity index is 2.17. The van der Waals surface area contributed by atoms with E-state index in [0.717, 1.165) is 35.2 Å². The highest BCUT2D eigenvalue weighted by Gasteiger charge is 2.41. The van der Waals surface area contributed by atoms with Crippen LogP contribution in [-0.4, -0.2) is 34.4 Å². The number of fused-ring (bicyclic) bond motifs is 2. The van der Waals surface area contributed by atoms with Gasteiger partial charge in [0.25, 0.3) is 5.78 Å². The lowest BCUT2D eigenvalue weighted by atomic mass is 10.0. The number of carboxylic acid groups (broad SMARTS) is 1. The molecule has 2 atom stereocenters. The Kier molecular flexibility index (Phi) is 3.51. The smallest absolute Gasteiger partial charge is 0.377 e. The van der Waals surface area contributed by atoms with Crippen LogP contribution in [0, 0.1) is 19.8 Å². The molecule has 0 aromatic carbocycles. The molecule has 2 bridgehead atoms. The van der Waals surface area contributed by atoms with E-state index in [1.807, 2.05) is 6.92 Å². The predicted octanol–water partition coefficient (Wildman–Crippen LogP) is 2.72. The molecule has 0 radical (unpaired) electrons. The van der Waals surface area contributed by atoms with Gasteiger partial charge in [0, 0.05) is 12.6 Å². The molecule has 1 aliphatic heterocycles.